The number of aromatic nitrogens is 2. The zero-order chi connectivity index (χ0) is 10.1. The molecule has 0 aliphatic carbocycles. The molecular weight excluding hydrogens is 166 g/mol. The number of nitrogens with zero attached hydrogens (tertiary/aromatic N) is 2. The highest BCUT2D eigenvalue weighted by Crippen LogP contribution is 2.19. The molecule has 1 rings (SSSR count). The minimum Gasteiger partial charge on any atom is -0.394 e. The smallest absolute Gasteiger partial charge is 0.0786 e. The molecule has 0 fully saturated rings. The summed E-state index contributed by atoms with van der Waals surface area (Å²) < 4.78 is 1.83. The SMILES string of the molecule is CC(C)n1nccc1C(C)(N)CO. The van der Waals surface area contributed by atoms with Gasteiger partial charge in [0.15, 0.2) is 0 Å². The molecule has 0 radical (unpaired) electrons. The monoisotopic (exact) mass is 183 g/mol. The topological polar surface area (TPSA) is 64.1 Å². The van der Waals surface area contributed by atoms with Crippen molar-refractivity contribution in [3.8, 4) is 0 Å². The average molecular weight is 183 g/mol. The molecule has 1 heterocycles. The maximum absolute atomic E-state index is 9.11. The zero-order valence-corrected chi connectivity index (χ0v) is 8.36. The van der Waals surface area contributed by atoms with Gasteiger partial charge < -0.3 is 10.8 Å². The van der Waals surface area contributed by atoms with Crippen molar-refractivity contribution >= 4 is 0 Å². The first-order chi connectivity index (χ1) is 5.99. The molecule has 0 aliphatic heterocycles. The van der Waals surface area contributed by atoms with Gasteiger partial charge in [0.2, 0.25) is 0 Å². The Morgan fingerprint density at radius 2 is 2.31 bits per heavy atom. The summed E-state index contributed by atoms with van der Waals surface area (Å²) >= 11 is 0. The van der Waals surface area contributed by atoms with E-state index in [9.17, 15) is 0 Å². The Morgan fingerprint density at radius 1 is 1.69 bits per heavy atom. The first-order valence-electron chi connectivity index (χ1n) is 4.43. The quantitative estimate of drug-likeness (QED) is 0.722. The highest BCUT2D eigenvalue weighted by atomic mass is 16.3. The summed E-state index contributed by atoms with van der Waals surface area (Å²) in [6, 6.07) is 2.11. The Hall–Kier alpha value is -0.870. The van der Waals surface area contributed by atoms with Crippen molar-refractivity contribution < 1.29 is 5.11 Å². The van der Waals surface area contributed by atoms with Gasteiger partial charge in [0.1, 0.15) is 0 Å². The lowest BCUT2D eigenvalue weighted by atomic mass is 10.0. The fourth-order valence-corrected chi connectivity index (χ4v) is 1.26. The van der Waals surface area contributed by atoms with Gasteiger partial charge in [-0.05, 0) is 26.8 Å². The van der Waals surface area contributed by atoms with Gasteiger partial charge in [0, 0.05) is 12.2 Å². The third kappa shape index (κ3) is 1.89. The van der Waals surface area contributed by atoms with Crippen LogP contribution >= 0.6 is 0 Å². The van der Waals surface area contributed by atoms with Crippen molar-refractivity contribution in [2.24, 2.45) is 5.73 Å². The highest BCUT2D eigenvalue weighted by molar-refractivity contribution is 5.13. The molecule has 0 amide bonds. The molecule has 0 saturated heterocycles. The van der Waals surface area contributed by atoms with E-state index >= 15 is 0 Å². The van der Waals surface area contributed by atoms with Crippen molar-refractivity contribution in [1.82, 2.24) is 9.78 Å². The van der Waals surface area contributed by atoms with E-state index in [-0.39, 0.29) is 12.6 Å². The van der Waals surface area contributed by atoms with Crippen LogP contribution in [0, 0.1) is 0 Å². The van der Waals surface area contributed by atoms with Crippen LogP contribution in [0.2, 0.25) is 0 Å². The molecule has 4 nitrogen and oxygen atoms in total. The summed E-state index contributed by atoms with van der Waals surface area (Å²) in [4.78, 5) is 0. The Balaban J connectivity index is 3.07. The van der Waals surface area contributed by atoms with Crippen molar-refractivity contribution in [3.63, 3.8) is 0 Å². The Labute approximate surface area is 78.4 Å². The molecular formula is C9H17N3O. The maximum Gasteiger partial charge on any atom is 0.0786 e. The van der Waals surface area contributed by atoms with Crippen molar-refractivity contribution in [1.29, 1.82) is 0 Å². The molecule has 4 heteroatoms. The van der Waals surface area contributed by atoms with Crippen LogP contribution in [0.4, 0.5) is 0 Å². The molecule has 0 aliphatic rings. The highest BCUT2D eigenvalue weighted by Gasteiger charge is 2.24. The second-order valence-electron chi connectivity index (χ2n) is 3.83. The van der Waals surface area contributed by atoms with Gasteiger partial charge in [-0.1, -0.05) is 0 Å². The van der Waals surface area contributed by atoms with E-state index in [1.165, 1.54) is 0 Å². The number of nitrogens with two attached hydrogens (primary N) is 1. The van der Waals surface area contributed by atoms with Crippen LogP contribution in [-0.4, -0.2) is 21.5 Å². The summed E-state index contributed by atoms with van der Waals surface area (Å²) in [5.74, 6) is 0. The van der Waals surface area contributed by atoms with Gasteiger partial charge in [-0.3, -0.25) is 4.68 Å². The van der Waals surface area contributed by atoms with Crippen molar-refractivity contribution in [2.75, 3.05) is 6.61 Å². The third-order valence-electron chi connectivity index (χ3n) is 2.07. The molecule has 0 bridgehead atoms. The summed E-state index contributed by atoms with van der Waals surface area (Å²) in [5, 5.41) is 13.3. The van der Waals surface area contributed by atoms with E-state index in [0.717, 1.165) is 5.69 Å². The third-order valence-corrected chi connectivity index (χ3v) is 2.07. The first kappa shape index (κ1) is 10.2. The lowest BCUT2D eigenvalue weighted by molar-refractivity contribution is 0.199. The fourth-order valence-electron chi connectivity index (χ4n) is 1.26. The second-order valence-corrected chi connectivity index (χ2v) is 3.83. The standard InChI is InChI=1S/C9H17N3O/c1-7(2)12-8(4-5-11-12)9(3,10)6-13/h4-5,7,13H,6,10H2,1-3H3. The summed E-state index contributed by atoms with van der Waals surface area (Å²) in [6.07, 6.45) is 1.70. The van der Waals surface area contributed by atoms with Crippen LogP contribution in [0.15, 0.2) is 12.3 Å². The van der Waals surface area contributed by atoms with Gasteiger partial charge in [-0.25, -0.2) is 0 Å². The predicted molar refractivity (Wildman–Crippen MR) is 51.2 cm³/mol. The average Bonchev–Trinajstić information content (AvgIpc) is 2.52. The van der Waals surface area contributed by atoms with Crippen molar-refractivity contribution in [3.05, 3.63) is 18.0 Å². The molecule has 74 valence electrons. The van der Waals surface area contributed by atoms with E-state index < -0.39 is 5.54 Å². The Morgan fingerprint density at radius 3 is 2.77 bits per heavy atom. The summed E-state index contributed by atoms with van der Waals surface area (Å²) in [5.41, 5.74) is 6.07. The molecule has 1 atom stereocenters. The van der Waals surface area contributed by atoms with Gasteiger partial charge in [-0.15, -0.1) is 0 Å². The van der Waals surface area contributed by atoms with Crippen LogP contribution in [0.3, 0.4) is 0 Å². The number of rotatable bonds is 3. The summed E-state index contributed by atoms with van der Waals surface area (Å²) in [7, 11) is 0. The Bertz CT molecular complexity index is 278. The normalized spacial score (nSPS) is 16.2. The van der Waals surface area contributed by atoms with Gasteiger partial charge in [-0.2, -0.15) is 5.10 Å². The molecule has 3 N–H and O–H groups in total. The molecule has 1 aromatic heterocycles. The maximum atomic E-state index is 9.11. The fraction of sp³-hybridized carbons (Fsp3) is 0.667. The zero-order valence-electron chi connectivity index (χ0n) is 8.36. The second kappa shape index (κ2) is 3.47. The van der Waals surface area contributed by atoms with E-state index in [2.05, 4.69) is 5.10 Å². The molecule has 0 aromatic carbocycles. The number of aliphatic hydroxyl groups is 1. The van der Waals surface area contributed by atoms with Gasteiger partial charge >= 0.3 is 0 Å². The summed E-state index contributed by atoms with van der Waals surface area (Å²) in [6.45, 7) is 5.78. The van der Waals surface area contributed by atoms with Crippen LogP contribution in [0.25, 0.3) is 0 Å². The minimum atomic E-state index is -0.708. The molecule has 0 spiro atoms. The minimum absolute atomic E-state index is 0.0780. The largest absolute Gasteiger partial charge is 0.394 e. The number of hydrogen-bond donors (Lipinski definition) is 2. The number of aliphatic hydroxyl groups excluding tert-OH is 1. The Kier molecular flexibility index (Phi) is 2.73. The van der Waals surface area contributed by atoms with Gasteiger partial charge in [0.05, 0.1) is 17.8 Å². The molecule has 13 heavy (non-hydrogen) atoms. The van der Waals surface area contributed by atoms with Crippen LogP contribution in [0.1, 0.15) is 32.5 Å². The molecule has 1 aromatic rings. The first-order valence-corrected chi connectivity index (χ1v) is 4.43. The van der Waals surface area contributed by atoms with Crippen LogP contribution in [-0.2, 0) is 5.54 Å². The lowest BCUT2D eigenvalue weighted by Crippen LogP contribution is -2.39. The van der Waals surface area contributed by atoms with Crippen molar-refractivity contribution in [2.45, 2.75) is 32.4 Å². The molecule has 1 unspecified atom stereocenters. The molecule has 0 saturated carbocycles. The van der Waals surface area contributed by atoms with E-state index in [1.54, 1.807) is 13.1 Å². The van der Waals surface area contributed by atoms with Crippen LogP contribution < -0.4 is 5.73 Å². The lowest BCUT2D eigenvalue weighted by Gasteiger charge is -2.24. The van der Waals surface area contributed by atoms with E-state index in [4.69, 9.17) is 10.8 Å². The predicted octanol–water partition coefficient (Wildman–Crippen LogP) is 0.630. The van der Waals surface area contributed by atoms with Crippen LogP contribution in [0.5, 0.6) is 0 Å². The number of hydrogen-bond acceptors (Lipinski definition) is 3. The van der Waals surface area contributed by atoms with Gasteiger partial charge in [0.25, 0.3) is 0 Å². The van der Waals surface area contributed by atoms with E-state index in [0.29, 0.717) is 0 Å². The van der Waals surface area contributed by atoms with E-state index in [1.807, 2.05) is 24.6 Å².